The maximum Gasteiger partial charge on any atom is 0.0948 e. The molecule has 1 N–H and O–H groups in total. The van der Waals surface area contributed by atoms with Gasteiger partial charge in [-0.2, -0.15) is 0 Å². The van der Waals surface area contributed by atoms with Crippen molar-refractivity contribution in [3.05, 3.63) is 18.7 Å². The Morgan fingerprint density at radius 3 is 1.65 bits per heavy atom. The van der Waals surface area contributed by atoms with E-state index >= 15 is 0 Å². The van der Waals surface area contributed by atoms with Gasteiger partial charge in [-0.05, 0) is 12.8 Å². The molecule has 1 unspecified atom stereocenters. The van der Waals surface area contributed by atoms with Crippen molar-refractivity contribution in [3.63, 3.8) is 0 Å². The van der Waals surface area contributed by atoms with Crippen LogP contribution in [0.25, 0.3) is 0 Å². The van der Waals surface area contributed by atoms with Crippen LogP contribution >= 0.6 is 0 Å². The van der Waals surface area contributed by atoms with Crippen LogP contribution in [0.4, 0.5) is 0 Å². The second-order valence-electron chi connectivity index (χ2n) is 7.91. The summed E-state index contributed by atoms with van der Waals surface area (Å²) in [6.45, 7) is 2.55. The van der Waals surface area contributed by atoms with E-state index in [2.05, 4.69) is 16.5 Å². The molecule has 0 radical (unpaired) electrons. The zero-order valence-corrected chi connectivity index (χ0v) is 17.4. The number of rotatable bonds is 19. The van der Waals surface area contributed by atoms with Gasteiger partial charge >= 0.3 is 0 Å². The highest BCUT2D eigenvalue weighted by molar-refractivity contribution is 4.80. The molecule has 3 heteroatoms. The van der Waals surface area contributed by atoms with E-state index in [-0.39, 0.29) is 6.61 Å². The van der Waals surface area contributed by atoms with Gasteiger partial charge in [0.2, 0.25) is 0 Å². The van der Waals surface area contributed by atoms with Gasteiger partial charge in [-0.25, -0.2) is 4.98 Å². The second kappa shape index (κ2) is 17.6. The Kier molecular flexibility index (Phi) is 15.7. The van der Waals surface area contributed by atoms with E-state index < -0.39 is 0 Å². The maximum absolute atomic E-state index is 9.23. The average Bonchev–Trinajstić information content (AvgIpc) is 3.18. The molecule has 26 heavy (non-hydrogen) atoms. The van der Waals surface area contributed by atoms with E-state index in [0.29, 0.717) is 6.04 Å². The summed E-state index contributed by atoms with van der Waals surface area (Å²) in [4.78, 5) is 4.13. The van der Waals surface area contributed by atoms with Crippen molar-refractivity contribution in [3.8, 4) is 0 Å². The lowest BCUT2D eigenvalue weighted by atomic mass is 10.0. The first-order valence-corrected chi connectivity index (χ1v) is 11.5. The van der Waals surface area contributed by atoms with Crippen LogP contribution in [0, 0.1) is 0 Å². The molecule has 0 saturated heterocycles. The number of aromatic nitrogens is 2. The molecule has 152 valence electrons. The molecule has 0 aliphatic rings. The van der Waals surface area contributed by atoms with Crippen molar-refractivity contribution in [2.75, 3.05) is 6.61 Å². The Labute approximate surface area is 162 Å². The first-order chi connectivity index (χ1) is 12.9. The van der Waals surface area contributed by atoms with Crippen molar-refractivity contribution in [1.82, 2.24) is 9.55 Å². The normalized spacial score (nSPS) is 12.5. The number of nitrogens with zero attached hydrogens (tertiary/aromatic N) is 2. The second-order valence-corrected chi connectivity index (χ2v) is 7.91. The molecule has 0 fully saturated rings. The molecule has 0 aliphatic carbocycles. The Morgan fingerprint density at radius 2 is 1.23 bits per heavy atom. The van der Waals surface area contributed by atoms with Crippen LogP contribution in [-0.2, 0) is 0 Å². The van der Waals surface area contributed by atoms with Crippen molar-refractivity contribution in [1.29, 1.82) is 0 Å². The Hall–Kier alpha value is -0.830. The summed E-state index contributed by atoms with van der Waals surface area (Å²) in [5.41, 5.74) is 0. The fraction of sp³-hybridized carbons (Fsp3) is 0.870. The van der Waals surface area contributed by atoms with Crippen molar-refractivity contribution in [2.24, 2.45) is 0 Å². The van der Waals surface area contributed by atoms with Crippen molar-refractivity contribution in [2.45, 2.75) is 122 Å². The molecule has 0 aromatic carbocycles. The fourth-order valence-electron chi connectivity index (χ4n) is 3.83. The van der Waals surface area contributed by atoms with Gasteiger partial charge in [-0.15, -0.1) is 0 Å². The smallest absolute Gasteiger partial charge is 0.0948 e. The summed E-state index contributed by atoms with van der Waals surface area (Å²) in [5, 5.41) is 9.23. The van der Waals surface area contributed by atoms with Gasteiger partial charge in [0.25, 0.3) is 0 Å². The minimum atomic E-state index is 0.265. The van der Waals surface area contributed by atoms with Crippen LogP contribution in [-0.4, -0.2) is 21.3 Å². The average molecular weight is 365 g/mol. The van der Waals surface area contributed by atoms with Gasteiger partial charge in [0.15, 0.2) is 0 Å². The van der Waals surface area contributed by atoms with Gasteiger partial charge in [-0.1, -0.05) is 103 Å². The number of hydrogen-bond donors (Lipinski definition) is 1. The molecule has 1 aromatic rings. The standard InChI is InChI=1S/C23H44N2O/c1-2-3-4-5-6-7-8-9-10-11-12-13-14-15-16-17-23(18-21-26)25-20-19-24-22-25/h19-20,22-23,26H,2-18,21H2,1H3. The molecule has 0 amide bonds. The Balaban J connectivity index is 1.83. The van der Waals surface area contributed by atoms with E-state index in [1.807, 2.05) is 18.7 Å². The summed E-state index contributed by atoms with van der Waals surface area (Å²) >= 11 is 0. The van der Waals surface area contributed by atoms with Crippen LogP contribution in [0.2, 0.25) is 0 Å². The monoisotopic (exact) mass is 364 g/mol. The summed E-state index contributed by atoms with van der Waals surface area (Å²) in [6, 6.07) is 0.421. The molecule has 0 saturated carbocycles. The predicted octanol–water partition coefficient (Wildman–Crippen LogP) is 7.07. The van der Waals surface area contributed by atoms with E-state index in [0.717, 1.165) is 12.8 Å². The minimum Gasteiger partial charge on any atom is -0.396 e. The lowest BCUT2D eigenvalue weighted by Crippen LogP contribution is -2.09. The highest BCUT2D eigenvalue weighted by Crippen LogP contribution is 2.20. The maximum atomic E-state index is 9.23. The summed E-state index contributed by atoms with van der Waals surface area (Å²) < 4.78 is 2.15. The minimum absolute atomic E-state index is 0.265. The van der Waals surface area contributed by atoms with Gasteiger partial charge in [-0.3, -0.25) is 0 Å². The van der Waals surface area contributed by atoms with E-state index in [1.54, 1.807) is 0 Å². The fourth-order valence-corrected chi connectivity index (χ4v) is 3.83. The molecular weight excluding hydrogens is 320 g/mol. The Bertz CT molecular complexity index is 378. The molecular formula is C23H44N2O. The highest BCUT2D eigenvalue weighted by Gasteiger charge is 2.09. The molecule has 1 rings (SSSR count). The summed E-state index contributed by atoms with van der Waals surface area (Å²) in [7, 11) is 0. The van der Waals surface area contributed by atoms with Crippen LogP contribution in [0.1, 0.15) is 122 Å². The van der Waals surface area contributed by atoms with E-state index in [4.69, 9.17) is 0 Å². The molecule has 1 atom stereocenters. The van der Waals surface area contributed by atoms with Crippen LogP contribution in [0.5, 0.6) is 0 Å². The van der Waals surface area contributed by atoms with E-state index in [1.165, 1.54) is 96.3 Å². The number of aliphatic hydroxyl groups is 1. The molecule has 0 bridgehead atoms. The lowest BCUT2D eigenvalue weighted by molar-refractivity contribution is 0.250. The zero-order chi connectivity index (χ0) is 18.7. The van der Waals surface area contributed by atoms with Gasteiger partial charge in [0.05, 0.1) is 6.33 Å². The number of aliphatic hydroxyl groups excluding tert-OH is 1. The number of imidazole rings is 1. The third kappa shape index (κ3) is 12.5. The largest absolute Gasteiger partial charge is 0.396 e. The highest BCUT2D eigenvalue weighted by atomic mass is 16.3. The first-order valence-electron chi connectivity index (χ1n) is 11.5. The van der Waals surface area contributed by atoms with Gasteiger partial charge in [0.1, 0.15) is 0 Å². The van der Waals surface area contributed by atoms with Gasteiger partial charge < -0.3 is 9.67 Å². The van der Waals surface area contributed by atoms with Crippen LogP contribution < -0.4 is 0 Å². The number of hydrogen-bond acceptors (Lipinski definition) is 2. The molecule has 1 aromatic heterocycles. The Morgan fingerprint density at radius 1 is 0.731 bits per heavy atom. The quantitative estimate of drug-likeness (QED) is 0.267. The summed E-state index contributed by atoms with van der Waals surface area (Å²) in [6.07, 6.45) is 28.9. The zero-order valence-electron chi connectivity index (χ0n) is 17.4. The lowest BCUT2D eigenvalue weighted by Gasteiger charge is -2.17. The predicted molar refractivity (Wildman–Crippen MR) is 113 cm³/mol. The third-order valence-corrected chi connectivity index (χ3v) is 5.55. The molecule has 0 aliphatic heterocycles. The van der Waals surface area contributed by atoms with Gasteiger partial charge in [0, 0.05) is 25.0 Å². The molecule has 3 nitrogen and oxygen atoms in total. The molecule has 1 heterocycles. The SMILES string of the molecule is CCCCCCCCCCCCCCCCCC(CCO)n1ccnc1. The third-order valence-electron chi connectivity index (χ3n) is 5.55. The first kappa shape index (κ1) is 23.2. The summed E-state index contributed by atoms with van der Waals surface area (Å²) in [5.74, 6) is 0. The molecule has 0 spiro atoms. The van der Waals surface area contributed by atoms with Crippen molar-refractivity contribution >= 4 is 0 Å². The topological polar surface area (TPSA) is 38.0 Å². The number of unbranched alkanes of at least 4 members (excludes halogenated alkanes) is 14. The van der Waals surface area contributed by atoms with Crippen molar-refractivity contribution < 1.29 is 5.11 Å². The van der Waals surface area contributed by atoms with E-state index in [9.17, 15) is 5.11 Å². The van der Waals surface area contributed by atoms with Crippen LogP contribution in [0.15, 0.2) is 18.7 Å². The van der Waals surface area contributed by atoms with Crippen LogP contribution in [0.3, 0.4) is 0 Å².